The molecule has 0 radical (unpaired) electrons. The summed E-state index contributed by atoms with van der Waals surface area (Å²) in [4.78, 5) is 0. The zero-order valence-corrected chi connectivity index (χ0v) is 13.3. The maximum atomic E-state index is 10.3. The van der Waals surface area contributed by atoms with Gasteiger partial charge in [0, 0.05) is 23.3 Å². The van der Waals surface area contributed by atoms with Crippen LogP contribution in [0.5, 0.6) is 23.0 Å². The molecule has 1 heterocycles. The first kappa shape index (κ1) is 15.8. The van der Waals surface area contributed by atoms with Crippen LogP contribution in [-0.4, -0.2) is 20.4 Å². The zero-order valence-electron chi connectivity index (χ0n) is 13.3. The van der Waals surface area contributed by atoms with Crippen LogP contribution in [0.4, 0.5) is 0 Å². The predicted molar refractivity (Wildman–Crippen MR) is 88.7 cm³/mol. The lowest BCUT2D eigenvalue weighted by molar-refractivity contribution is 0.428. The lowest BCUT2D eigenvalue weighted by Gasteiger charge is -2.20. The van der Waals surface area contributed by atoms with Crippen LogP contribution in [0.1, 0.15) is 33.9 Å². The van der Waals surface area contributed by atoms with Gasteiger partial charge >= 0.3 is 0 Å². The molecule has 1 aromatic heterocycles. The number of hydrogen-bond acceptors (Lipinski definition) is 5. The zero-order chi connectivity index (χ0) is 17.4. The summed E-state index contributed by atoms with van der Waals surface area (Å²) in [5, 5.41) is 40.2. The largest absolute Gasteiger partial charge is 0.508 e. The van der Waals surface area contributed by atoms with Gasteiger partial charge in [0.2, 0.25) is 0 Å². The summed E-state index contributed by atoms with van der Waals surface area (Å²) in [6.07, 6.45) is 1.51. The Hall–Kier alpha value is -3.08. The Labute approximate surface area is 139 Å². The molecule has 0 unspecified atom stereocenters. The third-order valence-corrected chi connectivity index (χ3v) is 4.14. The Balaban J connectivity index is 2.27. The van der Waals surface area contributed by atoms with Crippen LogP contribution < -0.4 is 0 Å². The molecular weight excluding hydrogens is 308 g/mol. The average molecular weight is 326 g/mol. The lowest BCUT2D eigenvalue weighted by atomic mass is 9.86. The summed E-state index contributed by atoms with van der Waals surface area (Å²) >= 11 is 0. The molecule has 24 heavy (non-hydrogen) atoms. The lowest BCUT2D eigenvalue weighted by Crippen LogP contribution is -2.04. The molecule has 0 bridgehead atoms. The minimum Gasteiger partial charge on any atom is -0.508 e. The molecule has 0 saturated carbocycles. The fourth-order valence-corrected chi connectivity index (χ4v) is 2.81. The summed E-state index contributed by atoms with van der Waals surface area (Å²) in [7, 11) is 0. The van der Waals surface area contributed by atoms with Crippen LogP contribution in [0.2, 0.25) is 0 Å². The van der Waals surface area contributed by atoms with Gasteiger partial charge in [-0.25, -0.2) is 0 Å². The Morgan fingerprint density at radius 3 is 1.67 bits per heavy atom. The number of rotatable bonds is 3. The fraction of sp³-hybridized carbons (Fsp3) is 0.158. The molecule has 0 aliphatic carbocycles. The minimum atomic E-state index is -0.585. The highest BCUT2D eigenvalue weighted by Crippen LogP contribution is 2.43. The first-order valence-corrected chi connectivity index (χ1v) is 7.47. The SMILES string of the molecule is Cc1cc(C(c2ccco2)c2cc(C)c(O)cc2O)c(O)cc1O. The minimum absolute atomic E-state index is 0.0134. The monoisotopic (exact) mass is 326 g/mol. The van der Waals surface area contributed by atoms with E-state index < -0.39 is 5.92 Å². The molecule has 0 saturated heterocycles. The summed E-state index contributed by atoms with van der Waals surface area (Å²) in [5.74, 6) is -0.301. The van der Waals surface area contributed by atoms with Crippen molar-refractivity contribution in [1.82, 2.24) is 0 Å². The van der Waals surface area contributed by atoms with E-state index in [1.807, 2.05) is 0 Å². The molecule has 0 aliphatic rings. The molecule has 0 aliphatic heterocycles. The Morgan fingerprint density at radius 1 is 0.750 bits per heavy atom. The second-order valence-corrected chi connectivity index (χ2v) is 5.84. The molecule has 124 valence electrons. The first-order valence-electron chi connectivity index (χ1n) is 7.47. The number of benzene rings is 2. The summed E-state index contributed by atoms with van der Waals surface area (Å²) in [6.45, 7) is 3.44. The molecule has 3 aromatic rings. The maximum absolute atomic E-state index is 10.3. The first-order chi connectivity index (χ1) is 11.4. The van der Waals surface area contributed by atoms with E-state index in [0.29, 0.717) is 28.0 Å². The van der Waals surface area contributed by atoms with E-state index in [9.17, 15) is 20.4 Å². The number of phenols is 4. The van der Waals surface area contributed by atoms with E-state index in [2.05, 4.69) is 0 Å². The van der Waals surface area contributed by atoms with Gasteiger partial charge in [-0.05, 0) is 49.2 Å². The standard InChI is InChI=1S/C19H18O5/c1-10-6-12(16(22)8-14(10)20)19(18-4-3-5-24-18)13-7-11(2)15(21)9-17(13)23/h3-9,19-23H,1-2H3. The summed E-state index contributed by atoms with van der Waals surface area (Å²) in [6, 6.07) is 9.31. The number of aryl methyl sites for hydroxylation is 2. The van der Waals surface area contributed by atoms with Crippen LogP contribution in [0.3, 0.4) is 0 Å². The Kier molecular flexibility index (Phi) is 3.85. The highest BCUT2D eigenvalue weighted by atomic mass is 16.3. The smallest absolute Gasteiger partial charge is 0.123 e. The van der Waals surface area contributed by atoms with Crippen molar-refractivity contribution in [2.45, 2.75) is 19.8 Å². The normalized spacial score (nSPS) is 11.1. The highest BCUT2D eigenvalue weighted by molar-refractivity contribution is 5.56. The van der Waals surface area contributed by atoms with Crippen LogP contribution in [0.15, 0.2) is 47.1 Å². The van der Waals surface area contributed by atoms with E-state index in [4.69, 9.17) is 4.42 Å². The molecule has 3 rings (SSSR count). The third-order valence-electron chi connectivity index (χ3n) is 4.14. The van der Waals surface area contributed by atoms with Crippen molar-refractivity contribution < 1.29 is 24.8 Å². The summed E-state index contributed by atoms with van der Waals surface area (Å²) < 4.78 is 5.51. The van der Waals surface area contributed by atoms with E-state index in [0.717, 1.165) is 0 Å². The van der Waals surface area contributed by atoms with Gasteiger partial charge in [-0.1, -0.05) is 0 Å². The molecule has 2 aromatic carbocycles. The fourth-order valence-electron chi connectivity index (χ4n) is 2.81. The molecule has 0 amide bonds. The molecular formula is C19H18O5. The Morgan fingerprint density at radius 2 is 1.25 bits per heavy atom. The Bertz CT molecular complexity index is 824. The van der Waals surface area contributed by atoms with Gasteiger partial charge in [0.15, 0.2) is 0 Å². The van der Waals surface area contributed by atoms with Gasteiger partial charge in [0.05, 0.1) is 12.2 Å². The van der Waals surface area contributed by atoms with Gasteiger partial charge in [-0.2, -0.15) is 0 Å². The molecule has 5 nitrogen and oxygen atoms in total. The van der Waals surface area contributed by atoms with E-state index >= 15 is 0 Å². The van der Waals surface area contributed by atoms with Crippen LogP contribution >= 0.6 is 0 Å². The highest BCUT2D eigenvalue weighted by Gasteiger charge is 2.26. The molecule has 0 spiro atoms. The van der Waals surface area contributed by atoms with Gasteiger partial charge in [0.1, 0.15) is 28.8 Å². The molecule has 0 fully saturated rings. The molecule has 5 heteroatoms. The quantitative estimate of drug-likeness (QED) is 0.585. The van der Waals surface area contributed by atoms with Crippen molar-refractivity contribution in [3.63, 3.8) is 0 Å². The predicted octanol–water partition coefficient (Wildman–Crippen LogP) is 3.90. The molecule has 0 atom stereocenters. The van der Waals surface area contributed by atoms with Crippen LogP contribution in [0, 0.1) is 13.8 Å². The maximum Gasteiger partial charge on any atom is 0.123 e. The van der Waals surface area contributed by atoms with Crippen molar-refractivity contribution in [3.05, 3.63) is 70.7 Å². The van der Waals surface area contributed by atoms with Crippen molar-refractivity contribution >= 4 is 0 Å². The topological polar surface area (TPSA) is 94.1 Å². The number of phenolic OH excluding ortho intramolecular Hbond substituents is 4. The van der Waals surface area contributed by atoms with E-state index in [1.54, 1.807) is 38.1 Å². The van der Waals surface area contributed by atoms with Gasteiger partial charge in [-0.15, -0.1) is 0 Å². The molecule has 4 N–H and O–H groups in total. The van der Waals surface area contributed by atoms with E-state index in [1.165, 1.54) is 18.4 Å². The van der Waals surface area contributed by atoms with Gasteiger partial charge in [0.25, 0.3) is 0 Å². The van der Waals surface area contributed by atoms with Gasteiger partial charge < -0.3 is 24.8 Å². The summed E-state index contributed by atoms with van der Waals surface area (Å²) in [5.41, 5.74) is 2.16. The number of furan rings is 1. The number of aromatic hydroxyl groups is 4. The third kappa shape index (κ3) is 2.65. The van der Waals surface area contributed by atoms with Crippen molar-refractivity contribution in [3.8, 4) is 23.0 Å². The van der Waals surface area contributed by atoms with Crippen molar-refractivity contribution in [2.75, 3.05) is 0 Å². The van der Waals surface area contributed by atoms with E-state index in [-0.39, 0.29) is 23.0 Å². The number of hydrogen-bond donors (Lipinski definition) is 4. The van der Waals surface area contributed by atoms with Crippen LogP contribution in [-0.2, 0) is 0 Å². The second kappa shape index (κ2) is 5.85. The van der Waals surface area contributed by atoms with Gasteiger partial charge in [-0.3, -0.25) is 0 Å². The second-order valence-electron chi connectivity index (χ2n) is 5.84. The average Bonchev–Trinajstić information content (AvgIpc) is 3.04. The van der Waals surface area contributed by atoms with Crippen molar-refractivity contribution in [1.29, 1.82) is 0 Å². The van der Waals surface area contributed by atoms with Crippen molar-refractivity contribution in [2.24, 2.45) is 0 Å². The van der Waals surface area contributed by atoms with Crippen LogP contribution in [0.25, 0.3) is 0 Å².